The van der Waals surface area contributed by atoms with E-state index in [0.29, 0.717) is 19.7 Å². The molecular weight excluding hydrogens is 320 g/mol. The van der Waals surface area contributed by atoms with Gasteiger partial charge in [0.1, 0.15) is 5.75 Å². The minimum absolute atomic E-state index is 0.0275. The van der Waals surface area contributed by atoms with Crippen LogP contribution in [-0.2, 0) is 20.9 Å². The van der Waals surface area contributed by atoms with Gasteiger partial charge in [0, 0.05) is 13.1 Å². The van der Waals surface area contributed by atoms with E-state index in [-0.39, 0.29) is 23.8 Å². The number of rotatable bonds is 7. The lowest BCUT2D eigenvalue weighted by Crippen LogP contribution is -2.50. The first kappa shape index (κ1) is 19.2. The molecule has 0 bridgehead atoms. The number of amides is 1. The van der Waals surface area contributed by atoms with Crippen LogP contribution >= 0.6 is 0 Å². The highest BCUT2D eigenvalue weighted by Crippen LogP contribution is 2.20. The fraction of sp³-hybridized carbons (Fsp3) is 0.579. The number of piperidine rings is 1. The SMILES string of the molecule is CCOC(=O)[C@H]1CCCN([C@@H](C)C(=O)NCc2ccc(OC)cc2)C1. The van der Waals surface area contributed by atoms with Gasteiger partial charge in [0.05, 0.1) is 25.7 Å². The smallest absolute Gasteiger partial charge is 0.310 e. The van der Waals surface area contributed by atoms with Crippen molar-refractivity contribution in [2.45, 2.75) is 39.3 Å². The first-order valence-electron chi connectivity index (χ1n) is 8.86. The predicted molar refractivity (Wildman–Crippen MR) is 95.2 cm³/mol. The molecule has 25 heavy (non-hydrogen) atoms. The number of nitrogens with zero attached hydrogens (tertiary/aromatic N) is 1. The van der Waals surface area contributed by atoms with Crippen LogP contribution in [0.2, 0.25) is 0 Å². The van der Waals surface area contributed by atoms with Gasteiger partial charge in [-0.3, -0.25) is 14.5 Å². The predicted octanol–water partition coefficient (Wildman–Crippen LogP) is 1.97. The summed E-state index contributed by atoms with van der Waals surface area (Å²) < 4.78 is 10.2. The van der Waals surface area contributed by atoms with Crippen molar-refractivity contribution in [1.82, 2.24) is 10.2 Å². The van der Waals surface area contributed by atoms with E-state index in [9.17, 15) is 9.59 Å². The Hall–Kier alpha value is -2.08. The molecule has 0 unspecified atom stereocenters. The van der Waals surface area contributed by atoms with Gasteiger partial charge in [0.15, 0.2) is 0 Å². The van der Waals surface area contributed by atoms with Crippen molar-refractivity contribution in [2.75, 3.05) is 26.8 Å². The fourth-order valence-electron chi connectivity index (χ4n) is 3.06. The van der Waals surface area contributed by atoms with E-state index in [1.807, 2.05) is 38.1 Å². The summed E-state index contributed by atoms with van der Waals surface area (Å²) in [5.41, 5.74) is 1.02. The van der Waals surface area contributed by atoms with Gasteiger partial charge in [0.25, 0.3) is 0 Å². The molecule has 0 aromatic heterocycles. The molecule has 0 spiro atoms. The molecule has 1 saturated heterocycles. The first-order chi connectivity index (χ1) is 12.0. The molecule has 0 aliphatic carbocycles. The molecule has 1 aromatic carbocycles. The number of carbonyl (C=O) groups is 2. The van der Waals surface area contributed by atoms with Crippen LogP contribution in [0.25, 0.3) is 0 Å². The van der Waals surface area contributed by atoms with E-state index in [4.69, 9.17) is 9.47 Å². The zero-order valence-electron chi connectivity index (χ0n) is 15.3. The number of methoxy groups -OCH3 is 1. The van der Waals surface area contributed by atoms with Crippen molar-refractivity contribution in [1.29, 1.82) is 0 Å². The Balaban J connectivity index is 1.84. The summed E-state index contributed by atoms with van der Waals surface area (Å²) in [6.45, 7) is 5.98. The molecule has 0 radical (unpaired) electrons. The number of benzene rings is 1. The Bertz CT molecular complexity index is 573. The van der Waals surface area contributed by atoms with Crippen molar-refractivity contribution in [3.8, 4) is 5.75 Å². The molecule has 1 amide bonds. The van der Waals surface area contributed by atoms with E-state index >= 15 is 0 Å². The van der Waals surface area contributed by atoms with Crippen LogP contribution in [-0.4, -0.2) is 49.6 Å². The second kappa shape index (κ2) is 9.42. The maximum atomic E-state index is 12.4. The van der Waals surface area contributed by atoms with Crippen molar-refractivity contribution >= 4 is 11.9 Å². The quantitative estimate of drug-likeness (QED) is 0.763. The molecule has 2 rings (SSSR count). The Morgan fingerprint density at radius 1 is 1.32 bits per heavy atom. The lowest BCUT2D eigenvalue weighted by atomic mass is 9.97. The Kier molecular flexibility index (Phi) is 7.25. The summed E-state index contributed by atoms with van der Waals surface area (Å²) >= 11 is 0. The molecule has 1 N–H and O–H groups in total. The first-order valence-corrected chi connectivity index (χ1v) is 8.86. The average molecular weight is 348 g/mol. The van der Waals surface area contributed by atoms with Crippen molar-refractivity contribution in [3.05, 3.63) is 29.8 Å². The molecule has 1 aliphatic rings. The zero-order valence-corrected chi connectivity index (χ0v) is 15.3. The standard InChI is InChI=1S/C19H28N2O4/c1-4-25-19(23)16-6-5-11-21(13-16)14(2)18(22)20-12-15-7-9-17(24-3)10-8-15/h7-10,14,16H,4-6,11-13H2,1-3H3,(H,20,22)/t14-,16-/m0/s1. The summed E-state index contributed by atoms with van der Waals surface area (Å²) in [6.07, 6.45) is 1.73. The molecule has 1 aromatic rings. The molecule has 0 saturated carbocycles. The maximum Gasteiger partial charge on any atom is 0.310 e. The molecular formula is C19H28N2O4. The van der Waals surface area contributed by atoms with Gasteiger partial charge in [0.2, 0.25) is 5.91 Å². The molecule has 2 atom stereocenters. The van der Waals surface area contributed by atoms with Crippen LogP contribution in [0.15, 0.2) is 24.3 Å². The Morgan fingerprint density at radius 2 is 2.04 bits per heavy atom. The lowest BCUT2D eigenvalue weighted by molar-refractivity contribution is -0.151. The van der Waals surface area contributed by atoms with Crippen LogP contribution < -0.4 is 10.1 Å². The third-order valence-electron chi connectivity index (χ3n) is 4.63. The number of nitrogens with one attached hydrogen (secondary N) is 1. The van der Waals surface area contributed by atoms with Crippen LogP contribution in [0.4, 0.5) is 0 Å². The van der Waals surface area contributed by atoms with E-state index in [2.05, 4.69) is 10.2 Å². The molecule has 1 aliphatic heterocycles. The van der Waals surface area contributed by atoms with E-state index in [1.54, 1.807) is 7.11 Å². The number of ether oxygens (including phenoxy) is 2. The van der Waals surface area contributed by atoms with Gasteiger partial charge in [-0.1, -0.05) is 12.1 Å². The Labute approximate surface area is 149 Å². The van der Waals surface area contributed by atoms with Crippen LogP contribution in [0.1, 0.15) is 32.3 Å². The number of likely N-dealkylation sites (tertiary alicyclic amines) is 1. The second-order valence-electron chi connectivity index (χ2n) is 6.33. The van der Waals surface area contributed by atoms with Gasteiger partial charge in [-0.25, -0.2) is 0 Å². The third kappa shape index (κ3) is 5.46. The van der Waals surface area contributed by atoms with Crippen molar-refractivity contribution in [2.24, 2.45) is 5.92 Å². The van der Waals surface area contributed by atoms with Crippen molar-refractivity contribution < 1.29 is 19.1 Å². The van der Waals surface area contributed by atoms with Gasteiger partial charge in [-0.05, 0) is 50.9 Å². The van der Waals surface area contributed by atoms with Crippen LogP contribution in [0.3, 0.4) is 0 Å². The lowest BCUT2D eigenvalue weighted by Gasteiger charge is -2.35. The van der Waals surface area contributed by atoms with E-state index in [1.165, 1.54) is 0 Å². The van der Waals surface area contributed by atoms with Crippen LogP contribution in [0.5, 0.6) is 5.75 Å². The summed E-state index contributed by atoms with van der Waals surface area (Å²) in [5.74, 6) is 0.477. The second-order valence-corrected chi connectivity index (χ2v) is 6.33. The molecule has 1 heterocycles. The maximum absolute atomic E-state index is 12.4. The van der Waals surface area contributed by atoms with Gasteiger partial charge in [-0.15, -0.1) is 0 Å². The molecule has 138 valence electrons. The largest absolute Gasteiger partial charge is 0.497 e. The fourth-order valence-corrected chi connectivity index (χ4v) is 3.06. The highest BCUT2D eigenvalue weighted by atomic mass is 16.5. The van der Waals surface area contributed by atoms with E-state index in [0.717, 1.165) is 30.7 Å². The monoisotopic (exact) mass is 348 g/mol. The average Bonchev–Trinajstić information content (AvgIpc) is 2.66. The minimum atomic E-state index is -0.268. The van der Waals surface area contributed by atoms with Gasteiger partial charge >= 0.3 is 5.97 Å². The van der Waals surface area contributed by atoms with Crippen molar-refractivity contribution in [3.63, 3.8) is 0 Å². The zero-order chi connectivity index (χ0) is 18.2. The van der Waals surface area contributed by atoms with E-state index < -0.39 is 0 Å². The summed E-state index contributed by atoms with van der Waals surface area (Å²) in [6, 6.07) is 7.34. The third-order valence-corrected chi connectivity index (χ3v) is 4.63. The number of esters is 1. The topological polar surface area (TPSA) is 67.9 Å². The molecule has 6 nitrogen and oxygen atoms in total. The summed E-state index contributed by atoms with van der Waals surface area (Å²) in [5, 5.41) is 2.97. The molecule has 6 heteroatoms. The summed E-state index contributed by atoms with van der Waals surface area (Å²) in [7, 11) is 1.63. The normalized spacial score (nSPS) is 19.1. The number of hydrogen-bond acceptors (Lipinski definition) is 5. The number of carbonyl (C=O) groups excluding carboxylic acids is 2. The Morgan fingerprint density at radius 3 is 2.68 bits per heavy atom. The summed E-state index contributed by atoms with van der Waals surface area (Å²) in [4.78, 5) is 26.5. The van der Waals surface area contributed by atoms with Crippen LogP contribution in [0, 0.1) is 5.92 Å². The van der Waals surface area contributed by atoms with Gasteiger partial charge in [-0.2, -0.15) is 0 Å². The number of hydrogen-bond donors (Lipinski definition) is 1. The minimum Gasteiger partial charge on any atom is -0.497 e. The molecule has 1 fully saturated rings. The highest BCUT2D eigenvalue weighted by molar-refractivity contribution is 5.81. The highest BCUT2D eigenvalue weighted by Gasteiger charge is 2.31. The van der Waals surface area contributed by atoms with Gasteiger partial charge < -0.3 is 14.8 Å².